The molecule has 1 rings (SSSR count). The molecule has 0 saturated heterocycles. The summed E-state index contributed by atoms with van der Waals surface area (Å²) in [6, 6.07) is 3.90. The summed E-state index contributed by atoms with van der Waals surface area (Å²) in [5.74, 6) is -1.08. The molecule has 0 aliphatic carbocycles. The number of aliphatic carboxylic acids is 1. The smallest absolute Gasteiger partial charge is 0.317 e. The predicted octanol–water partition coefficient (Wildman–Crippen LogP) is 1.84. The molecule has 5 nitrogen and oxygen atoms in total. The van der Waals surface area contributed by atoms with Crippen molar-refractivity contribution in [3.05, 3.63) is 47.7 Å². The van der Waals surface area contributed by atoms with Crippen LogP contribution in [0.25, 0.3) is 0 Å². The number of hydrogen-bond acceptors (Lipinski definition) is 4. The molecule has 0 spiro atoms. The third-order valence-corrected chi connectivity index (χ3v) is 3.60. The Kier molecular flexibility index (Phi) is 7.42. The van der Waals surface area contributed by atoms with E-state index in [2.05, 4.69) is 13.2 Å². The van der Waals surface area contributed by atoms with Crippen molar-refractivity contribution in [3.63, 3.8) is 0 Å². The number of rotatable bonds is 10. The maximum absolute atomic E-state index is 12.3. The van der Waals surface area contributed by atoms with E-state index in [0.29, 0.717) is 19.6 Å². The molecule has 6 heteroatoms. The van der Waals surface area contributed by atoms with Gasteiger partial charge in [0, 0.05) is 18.0 Å². The van der Waals surface area contributed by atoms with E-state index in [4.69, 9.17) is 5.11 Å². The van der Waals surface area contributed by atoms with E-state index in [1.165, 1.54) is 0 Å². The second-order valence-electron chi connectivity index (χ2n) is 4.49. The number of carbonyl (C=O) groups excluding carboxylic acids is 1. The van der Waals surface area contributed by atoms with Crippen LogP contribution in [0.1, 0.15) is 4.88 Å². The average molecular weight is 308 g/mol. The molecule has 0 saturated carbocycles. The van der Waals surface area contributed by atoms with E-state index in [0.717, 1.165) is 4.88 Å². The van der Waals surface area contributed by atoms with Crippen molar-refractivity contribution in [1.82, 2.24) is 9.80 Å². The van der Waals surface area contributed by atoms with Crippen molar-refractivity contribution < 1.29 is 14.7 Å². The molecule has 0 aromatic carbocycles. The van der Waals surface area contributed by atoms with Crippen LogP contribution in [0.4, 0.5) is 0 Å². The maximum Gasteiger partial charge on any atom is 0.317 e. The standard InChI is InChI=1S/C15H20N2O3S/c1-3-7-16(12-15(19)20)11-14(18)17(8-4-2)10-13-6-5-9-21-13/h3-6,9H,1-2,7-8,10-12H2,(H,19,20). The average Bonchev–Trinajstić information content (AvgIpc) is 2.90. The highest BCUT2D eigenvalue weighted by Gasteiger charge is 2.18. The zero-order valence-corrected chi connectivity index (χ0v) is 12.7. The molecule has 0 atom stereocenters. The summed E-state index contributed by atoms with van der Waals surface area (Å²) in [5, 5.41) is 10.8. The van der Waals surface area contributed by atoms with Crippen LogP contribution in [0.5, 0.6) is 0 Å². The molecule has 0 fully saturated rings. The second kappa shape index (κ2) is 9.10. The highest BCUT2D eigenvalue weighted by Crippen LogP contribution is 2.12. The van der Waals surface area contributed by atoms with E-state index < -0.39 is 5.97 Å². The summed E-state index contributed by atoms with van der Waals surface area (Å²) in [4.78, 5) is 27.4. The summed E-state index contributed by atoms with van der Waals surface area (Å²) in [6.45, 7) is 8.42. The second-order valence-corrected chi connectivity index (χ2v) is 5.53. The molecule has 21 heavy (non-hydrogen) atoms. The van der Waals surface area contributed by atoms with Crippen LogP contribution < -0.4 is 0 Å². The van der Waals surface area contributed by atoms with E-state index in [9.17, 15) is 9.59 Å². The van der Waals surface area contributed by atoms with Crippen molar-refractivity contribution in [2.45, 2.75) is 6.54 Å². The third kappa shape index (κ3) is 6.37. The number of thiophene rings is 1. The fourth-order valence-corrected chi connectivity index (χ4v) is 2.57. The molecular weight excluding hydrogens is 288 g/mol. The number of nitrogens with zero attached hydrogens (tertiary/aromatic N) is 2. The lowest BCUT2D eigenvalue weighted by Crippen LogP contribution is -2.42. The van der Waals surface area contributed by atoms with Crippen molar-refractivity contribution in [1.29, 1.82) is 0 Å². The summed E-state index contributed by atoms with van der Waals surface area (Å²) < 4.78 is 0. The lowest BCUT2D eigenvalue weighted by atomic mass is 10.3. The fourth-order valence-electron chi connectivity index (χ4n) is 1.85. The Hall–Kier alpha value is -1.92. The Morgan fingerprint density at radius 2 is 1.95 bits per heavy atom. The predicted molar refractivity (Wildman–Crippen MR) is 84.2 cm³/mol. The van der Waals surface area contributed by atoms with Gasteiger partial charge in [0.1, 0.15) is 0 Å². The Bertz CT molecular complexity index is 485. The lowest BCUT2D eigenvalue weighted by Gasteiger charge is -2.24. The Morgan fingerprint density at radius 1 is 1.24 bits per heavy atom. The van der Waals surface area contributed by atoms with E-state index in [-0.39, 0.29) is 19.0 Å². The number of hydrogen-bond donors (Lipinski definition) is 1. The van der Waals surface area contributed by atoms with Crippen LogP contribution in [0, 0.1) is 0 Å². The normalized spacial score (nSPS) is 10.3. The van der Waals surface area contributed by atoms with Crippen LogP contribution in [-0.4, -0.2) is 53.0 Å². The summed E-state index contributed by atoms with van der Waals surface area (Å²) in [5.41, 5.74) is 0. The number of carboxylic acids is 1. The summed E-state index contributed by atoms with van der Waals surface area (Å²) >= 11 is 1.58. The first kappa shape index (κ1) is 17.1. The number of carbonyl (C=O) groups is 2. The van der Waals surface area contributed by atoms with Gasteiger partial charge in [-0.25, -0.2) is 0 Å². The maximum atomic E-state index is 12.3. The highest BCUT2D eigenvalue weighted by atomic mass is 32.1. The van der Waals surface area contributed by atoms with Gasteiger partial charge in [-0.3, -0.25) is 14.5 Å². The first-order valence-corrected chi connectivity index (χ1v) is 7.41. The third-order valence-electron chi connectivity index (χ3n) is 2.73. The van der Waals surface area contributed by atoms with Crippen LogP contribution in [0.15, 0.2) is 42.8 Å². The van der Waals surface area contributed by atoms with Gasteiger partial charge in [0.25, 0.3) is 0 Å². The Balaban J connectivity index is 2.67. The fraction of sp³-hybridized carbons (Fsp3) is 0.333. The minimum absolute atomic E-state index is 0.0531. The van der Waals surface area contributed by atoms with Crippen LogP contribution in [0.3, 0.4) is 0 Å². The van der Waals surface area contributed by atoms with Crippen LogP contribution in [-0.2, 0) is 16.1 Å². The lowest BCUT2D eigenvalue weighted by molar-refractivity contribution is -0.139. The van der Waals surface area contributed by atoms with Gasteiger partial charge in [-0.1, -0.05) is 18.2 Å². The zero-order chi connectivity index (χ0) is 15.7. The molecular formula is C15H20N2O3S. The molecule has 0 unspecified atom stereocenters. The zero-order valence-electron chi connectivity index (χ0n) is 11.9. The van der Waals surface area contributed by atoms with Gasteiger partial charge in [0.05, 0.1) is 19.6 Å². The van der Waals surface area contributed by atoms with Crippen molar-refractivity contribution in [2.24, 2.45) is 0 Å². The quantitative estimate of drug-likeness (QED) is 0.670. The van der Waals surface area contributed by atoms with Gasteiger partial charge in [0.2, 0.25) is 5.91 Å². The largest absolute Gasteiger partial charge is 0.480 e. The monoisotopic (exact) mass is 308 g/mol. The van der Waals surface area contributed by atoms with Gasteiger partial charge >= 0.3 is 5.97 Å². The van der Waals surface area contributed by atoms with Gasteiger partial charge in [-0.05, 0) is 11.4 Å². The highest BCUT2D eigenvalue weighted by molar-refractivity contribution is 7.09. The first-order chi connectivity index (χ1) is 10.1. The Morgan fingerprint density at radius 3 is 2.48 bits per heavy atom. The summed E-state index contributed by atoms with van der Waals surface area (Å²) in [7, 11) is 0. The number of carboxylic acid groups (broad SMARTS) is 1. The molecule has 1 N–H and O–H groups in total. The van der Waals surface area contributed by atoms with Crippen molar-refractivity contribution >= 4 is 23.2 Å². The van der Waals surface area contributed by atoms with E-state index >= 15 is 0 Å². The topological polar surface area (TPSA) is 60.9 Å². The summed E-state index contributed by atoms with van der Waals surface area (Å²) in [6.07, 6.45) is 3.26. The van der Waals surface area contributed by atoms with Gasteiger partial charge in [0.15, 0.2) is 0 Å². The van der Waals surface area contributed by atoms with Crippen molar-refractivity contribution in [3.8, 4) is 0 Å². The van der Waals surface area contributed by atoms with Crippen molar-refractivity contribution in [2.75, 3.05) is 26.2 Å². The molecule has 114 valence electrons. The molecule has 0 aliphatic heterocycles. The minimum atomic E-state index is -0.960. The van der Waals surface area contributed by atoms with Crippen LogP contribution in [0.2, 0.25) is 0 Å². The SMILES string of the molecule is C=CCN(CC(=O)O)CC(=O)N(CC=C)Cc1cccs1. The van der Waals surface area contributed by atoms with Gasteiger partial charge < -0.3 is 10.0 Å². The Labute approximate surface area is 128 Å². The molecule has 1 amide bonds. The molecule has 1 aromatic rings. The molecule has 0 bridgehead atoms. The van der Waals surface area contributed by atoms with Gasteiger partial charge in [-0.15, -0.1) is 24.5 Å². The molecule has 1 aromatic heterocycles. The van der Waals surface area contributed by atoms with E-state index in [1.54, 1.807) is 33.3 Å². The van der Waals surface area contributed by atoms with Gasteiger partial charge in [-0.2, -0.15) is 0 Å². The minimum Gasteiger partial charge on any atom is -0.480 e. The van der Waals surface area contributed by atoms with E-state index in [1.807, 2.05) is 17.5 Å². The molecule has 0 radical (unpaired) electrons. The molecule has 0 aliphatic rings. The molecule has 1 heterocycles. The number of amides is 1. The van der Waals surface area contributed by atoms with Crippen LogP contribution >= 0.6 is 11.3 Å². The first-order valence-electron chi connectivity index (χ1n) is 6.53.